The minimum atomic E-state index is -0.0624. The van der Waals surface area contributed by atoms with Crippen LogP contribution in [0.5, 0.6) is 0 Å². The van der Waals surface area contributed by atoms with Gasteiger partial charge in [-0.05, 0) is 56.5 Å². The van der Waals surface area contributed by atoms with E-state index in [1.165, 1.54) is 38.8 Å². The molecular weight excluding hydrogens is 222 g/mol. The molecular formula is C16H31NO. The highest BCUT2D eigenvalue weighted by molar-refractivity contribution is 4.86. The van der Waals surface area contributed by atoms with Crippen LogP contribution in [0, 0.1) is 23.7 Å². The molecule has 1 saturated heterocycles. The molecule has 0 aromatic heterocycles. The molecule has 0 amide bonds. The molecule has 2 nitrogen and oxygen atoms in total. The Hall–Kier alpha value is -0.0800. The van der Waals surface area contributed by atoms with Gasteiger partial charge in [0.2, 0.25) is 0 Å². The summed E-state index contributed by atoms with van der Waals surface area (Å²) >= 11 is 0. The van der Waals surface area contributed by atoms with Crippen LogP contribution in [0.3, 0.4) is 0 Å². The van der Waals surface area contributed by atoms with Crippen molar-refractivity contribution >= 4 is 0 Å². The van der Waals surface area contributed by atoms with Crippen molar-refractivity contribution in [3.8, 4) is 0 Å². The van der Waals surface area contributed by atoms with E-state index >= 15 is 0 Å². The minimum Gasteiger partial charge on any atom is -0.393 e. The first-order valence-corrected chi connectivity index (χ1v) is 8.00. The molecule has 1 heterocycles. The maximum Gasteiger partial charge on any atom is 0.0585 e. The first kappa shape index (κ1) is 14.3. The Labute approximate surface area is 113 Å². The molecule has 1 aliphatic carbocycles. The normalized spacial score (nSPS) is 40.0. The molecule has 1 aliphatic heterocycles. The van der Waals surface area contributed by atoms with Crippen molar-refractivity contribution in [2.75, 3.05) is 19.6 Å². The number of likely N-dealkylation sites (tertiary alicyclic amines) is 1. The first-order chi connectivity index (χ1) is 8.60. The molecule has 4 unspecified atom stereocenters. The SMILES string of the molecule is CCC1CCN(CC2C(C)CC(C)CC2O)CC1. The number of rotatable bonds is 3. The number of hydrogen-bond donors (Lipinski definition) is 1. The number of aliphatic hydroxyl groups excluding tert-OH is 1. The topological polar surface area (TPSA) is 23.5 Å². The van der Waals surface area contributed by atoms with Gasteiger partial charge in [0.05, 0.1) is 6.10 Å². The zero-order valence-electron chi connectivity index (χ0n) is 12.4. The number of nitrogens with zero attached hydrogens (tertiary/aromatic N) is 1. The van der Waals surface area contributed by atoms with Crippen molar-refractivity contribution in [2.24, 2.45) is 23.7 Å². The Morgan fingerprint density at radius 2 is 1.78 bits per heavy atom. The number of hydrogen-bond acceptors (Lipinski definition) is 2. The fourth-order valence-electron chi connectivity index (χ4n) is 4.05. The van der Waals surface area contributed by atoms with Crippen LogP contribution in [0.4, 0.5) is 0 Å². The summed E-state index contributed by atoms with van der Waals surface area (Å²) in [5.41, 5.74) is 0. The van der Waals surface area contributed by atoms with Crippen molar-refractivity contribution in [3.63, 3.8) is 0 Å². The Kier molecular flexibility index (Phi) is 5.08. The van der Waals surface area contributed by atoms with Gasteiger partial charge in [0.1, 0.15) is 0 Å². The molecule has 0 radical (unpaired) electrons. The maximum absolute atomic E-state index is 10.3. The van der Waals surface area contributed by atoms with Gasteiger partial charge in [-0.2, -0.15) is 0 Å². The average molecular weight is 253 g/mol. The molecule has 2 aliphatic rings. The third kappa shape index (κ3) is 3.48. The van der Waals surface area contributed by atoms with Gasteiger partial charge in [0.25, 0.3) is 0 Å². The van der Waals surface area contributed by atoms with Gasteiger partial charge < -0.3 is 10.0 Å². The Bertz CT molecular complexity index is 235. The van der Waals surface area contributed by atoms with E-state index in [0.717, 1.165) is 18.9 Å². The predicted molar refractivity (Wildman–Crippen MR) is 76.5 cm³/mol. The molecule has 0 aromatic carbocycles. The quantitative estimate of drug-likeness (QED) is 0.835. The first-order valence-electron chi connectivity index (χ1n) is 8.00. The minimum absolute atomic E-state index is 0.0624. The molecule has 2 rings (SSSR count). The van der Waals surface area contributed by atoms with Crippen LogP contribution in [0.2, 0.25) is 0 Å². The third-order valence-electron chi connectivity index (χ3n) is 5.40. The van der Waals surface area contributed by atoms with Gasteiger partial charge in [-0.3, -0.25) is 0 Å². The summed E-state index contributed by atoms with van der Waals surface area (Å²) in [5.74, 6) is 2.86. The fourth-order valence-corrected chi connectivity index (χ4v) is 4.05. The van der Waals surface area contributed by atoms with Crippen molar-refractivity contribution in [3.05, 3.63) is 0 Å². The predicted octanol–water partition coefficient (Wildman–Crippen LogP) is 3.15. The van der Waals surface area contributed by atoms with Crippen molar-refractivity contribution in [1.29, 1.82) is 0 Å². The summed E-state index contributed by atoms with van der Waals surface area (Å²) in [6, 6.07) is 0. The zero-order chi connectivity index (χ0) is 13.1. The van der Waals surface area contributed by atoms with E-state index in [-0.39, 0.29) is 6.10 Å². The van der Waals surface area contributed by atoms with Crippen LogP contribution in [0.1, 0.15) is 52.9 Å². The van der Waals surface area contributed by atoms with Crippen molar-refractivity contribution in [2.45, 2.75) is 59.0 Å². The summed E-state index contributed by atoms with van der Waals surface area (Å²) in [5, 5.41) is 10.3. The number of piperidine rings is 1. The Balaban J connectivity index is 1.82. The molecule has 0 aromatic rings. The number of aliphatic hydroxyl groups is 1. The van der Waals surface area contributed by atoms with E-state index < -0.39 is 0 Å². The average Bonchev–Trinajstić information content (AvgIpc) is 2.34. The lowest BCUT2D eigenvalue weighted by molar-refractivity contribution is -0.00702. The Morgan fingerprint density at radius 3 is 2.33 bits per heavy atom. The smallest absolute Gasteiger partial charge is 0.0585 e. The lowest BCUT2D eigenvalue weighted by Crippen LogP contribution is -2.45. The molecule has 4 atom stereocenters. The maximum atomic E-state index is 10.3. The highest BCUT2D eigenvalue weighted by atomic mass is 16.3. The molecule has 1 saturated carbocycles. The molecule has 2 fully saturated rings. The van der Waals surface area contributed by atoms with Gasteiger partial charge in [0.15, 0.2) is 0 Å². The van der Waals surface area contributed by atoms with Crippen LogP contribution in [0.25, 0.3) is 0 Å². The van der Waals surface area contributed by atoms with E-state index in [0.29, 0.717) is 17.8 Å². The standard InChI is InChI=1S/C16H31NO/c1-4-14-5-7-17(8-6-14)11-15-13(3)9-12(2)10-16(15)18/h12-16,18H,4-11H2,1-3H3. The van der Waals surface area contributed by atoms with Crippen LogP contribution < -0.4 is 0 Å². The molecule has 0 spiro atoms. The fraction of sp³-hybridized carbons (Fsp3) is 1.00. The lowest BCUT2D eigenvalue weighted by atomic mass is 9.73. The second kappa shape index (κ2) is 6.38. The summed E-state index contributed by atoms with van der Waals surface area (Å²) in [7, 11) is 0. The van der Waals surface area contributed by atoms with Crippen LogP contribution in [0.15, 0.2) is 0 Å². The van der Waals surface area contributed by atoms with Crippen LogP contribution >= 0.6 is 0 Å². The highest BCUT2D eigenvalue weighted by Gasteiger charge is 2.34. The van der Waals surface area contributed by atoms with Gasteiger partial charge >= 0.3 is 0 Å². The van der Waals surface area contributed by atoms with E-state index in [9.17, 15) is 5.11 Å². The summed E-state index contributed by atoms with van der Waals surface area (Å²) in [4.78, 5) is 2.60. The molecule has 0 bridgehead atoms. The largest absolute Gasteiger partial charge is 0.393 e. The van der Waals surface area contributed by atoms with Crippen molar-refractivity contribution < 1.29 is 5.11 Å². The third-order valence-corrected chi connectivity index (χ3v) is 5.40. The zero-order valence-corrected chi connectivity index (χ0v) is 12.4. The second-order valence-electron chi connectivity index (χ2n) is 6.94. The molecule has 106 valence electrons. The summed E-state index contributed by atoms with van der Waals surface area (Å²) in [6.45, 7) is 10.6. The highest BCUT2D eigenvalue weighted by Crippen LogP contribution is 2.35. The van der Waals surface area contributed by atoms with E-state index in [1.54, 1.807) is 0 Å². The van der Waals surface area contributed by atoms with Crippen LogP contribution in [-0.4, -0.2) is 35.7 Å². The van der Waals surface area contributed by atoms with Crippen LogP contribution in [-0.2, 0) is 0 Å². The second-order valence-corrected chi connectivity index (χ2v) is 6.94. The van der Waals surface area contributed by atoms with Gasteiger partial charge in [-0.1, -0.05) is 27.2 Å². The molecule has 2 heteroatoms. The van der Waals surface area contributed by atoms with Gasteiger partial charge in [-0.15, -0.1) is 0 Å². The van der Waals surface area contributed by atoms with Crippen molar-refractivity contribution in [1.82, 2.24) is 4.90 Å². The van der Waals surface area contributed by atoms with E-state index in [1.807, 2.05) is 0 Å². The Morgan fingerprint density at radius 1 is 1.11 bits per heavy atom. The molecule has 18 heavy (non-hydrogen) atoms. The van der Waals surface area contributed by atoms with E-state index in [2.05, 4.69) is 25.7 Å². The molecule has 1 N–H and O–H groups in total. The van der Waals surface area contributed by atoms with Gasteiger partial charge in [0, 0.05) is 12.5 Å². The monoisotopic (exact) mass is 253 g/mol. The lowest BCUT2D eigenvalue weighted by Gasteiger charge is -2.41. The van der Waals surface area contributed by atoms with E-state index in [4.69, 9.17) is 0 Å². The van der Waals surface area contributed by atoms with Gasteiger partial charge in [-0.25, -0.2) is 0 Å². The summed E-state index contributed by atoms with van der Waals surface area (Å²) in [6.07, 6.45) is 6.32. The summed E-state index contributed by atoms with van der Waals surface area (Å²) < 4.78 is 0.